The lowest BCUT2D eigenvalue weighted by atomic mass is 10.1. The Kier molecular flexibility index (Phi) is 5.61. The van der Waals surface area contributed by atoms with Crippen LogP contribution in [0.1, 0.15) is 30.1 Å². The molecular formula is C18H21F2N5O2S. The van der Waals surface area contributed by atoms with Crippen molar-refractivity contribution in [1.82, 2.24) is 19.5 Å². The lowest BCUT2D eigenvalue weighted by molar-refractivity contribution is 0.0722. The molecule has 2 aromatic heterocycles. The van der Waals surface area contributed by atoms with Crippen LogP contribution in [0.3, 0.4) is 0 Å². The molecule has 0 aromatic carbocycles. The molecule has 1 fully saturated rings. The van der Waals surface area contributed by atoms with E-state index in [2.05, 4.69) is 15.0 Å². The molecule has 0 bridgehead atoms. The molecule has 0 saturated carbocycles. The number of nitrogens with zero attached hydrogens (tertiary/aromatic N) is 5. The third-order valence-electron chi connectivity index (χ3n) is 4.87. The van der Waals surface area contributed by atoms with Gasteiger partial charge in [0.1, 0.15) is 11.6 Å². The number of alkyl halides is 2. The number of hydrogen-bond donors (Lipinski definition) is 1. The van der Waals surface area contributed by atoms with Gasteiger partial charge in [0.05, 0.1) is 37.3 Å². The molecule has 1 saturated heterocycles. The van der Waals surface area contributed by atoms with Gasteiger partial charge in [0.15, 0.2) is 11.0 Å². The third-order valence-corrected chi connectivity index (χ3v) is 5.42. The number of aliphatic hydroxyl groups excluding tert-OH is 1. The molecule has 1 N–H and O–H groups in total. The fourth-order valence-corrected chi connectivity index (χ4v) is 3.91. The maximum Gasteiger partial charge on any atom is 0.296 e. The number of fused-ring (bicyclic) bond motifs is 1. The summed E-state index contributed by atoms with van der Waals surface area (Å²) in [5, 5.41) is 10.2. The first-order valence-electron chi connectivity index (χ1n) is 9.07. The topological polar surface area (TPSA) is 76.3 Å². The minimum atomic E-state index is -2.72. The second kappa shape index (κ2) is 8.14. The summed E-state index contributed by atoms with van der Waals surface area (Å²) in [7, 11) is 0. The summed E-state index contributed by atoms with van der Waals surface area (Å²) in [5.41, 5.74) is 1.29. The maximum atomic E-state index is 13.7. The third kappa shape index (κ3) is 3.51. The summed E-state index contributed by atoms with van der Waals surface area (Å²) in [4.78, 5) is 15.1. The van der Waals surface area contributed by atoms with Gasteiger partial charge in [-0.2, -0.15) is 0 Å². The van der Waals surface area contributed by atoms with Gasteiger partial charge in [-0.05, 0) is 25.2 Å². The van der Waals surface area contributed by atoms with E-state index in [4.69, 9.17) is 4.74 Å². The summed E-state index contributed by atoms with van der Waals surface area (Å²) in [6.45, 7) is 1.37. The second-order valence-corrected chi connectivity index (χ2v) is 7.33. The SMILES string of the molecule is CSc1nc(N2CCOC[C@H]2CO)cc(-n2c(C(F)F)nc3c2CCC=C3)n1. The number of thioether (sulfide) groups is 1. The predicted molar refractivity (Wildman–Crippen MR) is 102 cm³/mol. The average molecular weight is 409 g/mol. The fourth-order valence-electron chi connectivity index (χ4n) is 3.54. The van der Waals surface area contributed by atoms with Crippen LogP contribution in [0.25, 0.3) is 11.9 Å². The van der Waals surface area contributed by atoms with Gasteiger partial charge in [0, 0.05) is 12.6 Å². The van der Waals surface area contributed by atoms with Gasteiger partial charge >= 0.3 is 0 Å². The van der Waals surface area contributed by atoms with Crippen LogP contribution in [0.2, 0.25) is 0 Å². The Hall–Kier alpha value is -2.04. The molecule has 1 aliphatic carbocycles. The fraction of sp³-hybridized carbons (Fsp3) is 0.500. The number of aromatic nitrogens is 4. The molecular weight excluding hydrogens is 388 g/mol. The van der Waals surface area contributed by atoms with Crippen molar-refractivity contribution >= 4 is 23.7 Å². The normalized spacial score (nSPS) is 19.3. The first-order chi connectivity index (χ1) is 13.6. The minimum Gasteiger partial charge on any atom is -0.394 e. The van der Waals surface area contributed by atoms with Gasteiger partial charge in [-0.1, -0.05) is 17.8 Å². The Morgan fingerprint density at radius 2 is 2.14 bits per heavy atom. The summed E-state index contributed by atoms with van der Waals surface area (Å²) in [6, 6.07) is 1.46. The van der Waals surface area contributed by atoms with Gasteiger partial charge in [0.2, 0.25) is 0 Å². The summed E-state index contributed by atoms with van der Waals surface area (Å²) >= 11 is 1.34. The molecule has 150 valence electrons. The molecule has 1 atom stereocenters. The number of ether oxygens (including phenoxy) is 1. The van der Waals surface area contributed by atoms with Crippen molar-refractivity contribution in [1.29, 1.82) is 0 Å². The first-order valence-corrected chi connectivity index (χ1v) is 10.3. The van der Waals surface area contributed by atoms with E-state index in [1.54, 1.807) is 12.1 Å². The number of halogens is 2. The van der Waals surface area contributed by atoms with Crippen LogP contribution in [0.5, 0.6) is 0 Å². The molecule has 0 spiro atoms. The molecule has 10 heteroatoms. The number of morpholine rings is 1. The van der Waals surface area contributed by atoms with Crippen LogP contribution >= 0.6 is 11.8 Å². The zero-order chi connectivity index (χ0) is 19.7. The van der Waals surface area contributed by atoms with Crippen molar-refractivity contribution in [3.63, 3.8) is 0 Å². The van der Waals surface area contributed by atoms with E-state index in [1.807, 2.05) is 17.2 Å². The standard InChI is InChI=1S/C18H21F2N5O2S/c1-28-18-22-14(24-6-7-27-10-11(24)9-26)8-15(23-18)25-13-5-3-2-4-12(13)21-17(25)16(19)20/h2,4,8,11,16,26H,3,5-7,9-10H2,1H3/t11-/m1/s1. The molecule has 0 unspecified atom stereocenters. The molecule has 7 nitrogen and oxygen atoms in total. The zero-order valence-corrected chi connectivity index (χ0v) is 16.2. The summed E-state index contributed by atoms with van der Waals surface area (Å²) in [6.07, 6.45) is 4.23. The van der Waals surface area contributed by atoms with Crippen LogP contribution in [0.4, 0.5) is 14.6 Å². The van der Waals surface area contributed by atoms with Gasteiger partial charge < -0.3 is 14.7 Å². The number of rotatable bonds is 5. The predicted octanol–water partition coefficient (Wildman–Crippen LogP) is 2.48. The highest BCUT2D eigenvalue weighted by Gasteiger charge is 2.28. The Morgan fingerprint density at radius 1 is 1.32 bits per heavy atom. The smallest absolute Gasteiger partial charge is 0.296 e. The average Bonchev–Trinajstić information content (AvgIpc) is 3.13. The van der Waals surface area contributed by atoms with E-state index in [1.165, 1.54) is 16.3 Å². The van der Waals surface area contributed by atoms with Crippen LogP contribution in [0.15, 0.2) is 17.3 Å². The number of imidazole rings is 1. The van der Waals surface area contributed by atoms with E-state index in [0.717, 1.165) is 12.1 Å². The lowest BCUT2D eigenvalue weighted by Crippen LogP contribution is -2.48. The van der Waals surface area contributed by atoms with Crippen molar-refractivity contribution in [2.75, 3.05) is 37.5 Å². The number of aliphatic hydroxyl groups is 1. The number of allylic oxidation sites excluding steroid dienone is 1. The molecule has 4 rings (SSSR count). The monoisotopic (exact) mass is 409 g/mol. The van der Waals surface area contributed by atoms with Crippen LogP contribution in [-0.4, -0.2) is 63.3 Å². The molecule has 0 radical (unpaired) electrons. The second-order valence-electron chi connectivity index (χ2n) is 6.55. The van der Waals surface area contributed by atoms with E-state index in [9.17, 15) is 13.9 Å². The van der Waals surface area contributed by atoms with E-state index in [-0.39, 0.29) is 18.5 Å². The minimum absolute atomic E-state index is 0.0819. The van der Waals surface area contributed by atoms with Crippen molar-refractivity contribution in [2.45, 2.75) is 30.5 Å². The van der Waals surface area contributed by atoms with Crippen LogP contribution < -0.4 is 4.90 Å². The summed E-state index contributed by atoms with van der Waals surface area (Å²) < 4.78 is 34.4. The van der Waals surface area contributed by atoms with Crippen molar-refractivity contribution in [2.24, 2.45) is 0 Å². The Balaban J connectivity index is 1.85. The molecule has 2 aromatic rings. The molecule has 2 aliphatic rings. The Labute approximate surface area is 165 Å². The van der Waals surface area contributed by atoms with E-state index >= 15 is 0 Å². The van der Waals surface area contributed by atoms with Crippen LogP contribution in [0, 0.1) is 0 Å². The van der Waals surface area contributed by atoms with E-state index < -0.39 is 6.43 Å². The van der Waals surface area contributed by atoms with Crippen molar-refractivity contribution < 1.29 is 18.6 Å². The van der Waals surface area contributed by atoms with Crippen molar-refractivity contribution in [3.05, 3.63) is 29.4 Å². The van der Waals surface area contributed by atoms with Gasteiger partial charge in [-0.25, -0.2) is 23.7 Å². The molecule has 1 aliphatic heterocycles. The van der Waals surface area contributed by atoms with E-state index in [0.29, 0.717) is 48.7 Å². The quantitative estimate of drug-likeness (QED) is 0.601. The molecule has 0 amide bonds. The highest BCUT2D eigenvalue weighted by Crippen LogP contribution is 2.31. The number of anilines is 1. The zero-order valence-electron chi connectivity index (χ0n) is 15.4. The van der Waals surface area contributed by atoms with Gasteiger partial charge in [0.25, 0.3) is 6.43 Å². The molecule has 3 heterocycles. The largest absolute Gasteiger partial charge is 0.394 e. The van der Waals surface area contributed by atoms with Crippen LogP contribution in [-0.2, 0) is 11.2 Å². The lowest BCUT2D eigenvalue weighted by Gasteiger charge is -2.35. The molecule has 28 heavy (non-hydrogen) atoms. The number of hydrogen-bond acceptors (Lipinski definition) is 7. The highest BCUT2D eigenvalue weighted by atomic mass is 32.2. The summed E-state index contributed by atoms with van der Waals surface area (Å²) in [5.74, 6) is 0.650. The highest BCUT2D eigenvalue weighted by molar-refractivity contribution is 7.98. The Bertz CT molecular complexity index is 889. The van der Waals surface area contributed by atoms with Gasteiger partial charge in [-0.3, -0.25) is 4.57 Å². The Morgan fingerprint density at radius 3 is 2.89 bits per heavy atom. The van der Waals surface area contributed by atoms with Gasteiger partial charge in [-0.15, -0.1) is 0 Å². The van der Waals surface area contributed by atoms with Crippen molar-refractivity contribution in [3.8, 4) is 5.82 Å². The maximum absolute atomic E-state index is 13.7. The first kappa shape index (κ1) is 19.3.